The fourth-order valence-electron chi connectivity index (χ4n) is 3.23. The van der Waals surface area contributed by atoms with E-state index in [1.807, 2.05) is 0 Å². The van der Waals surface area contributed by atoms with Crippen LogP contribution in [0.4, 0.5) is 0 Å². The van der Waals surface area contributed by atoms with Crippen molar-refractivity contribution in [3.63, 3.8) is 0 Å². The highest BCUT2D eigenvalue weighted by Gasteiger charge is 2.22. The fraction of sp³-hybridized carbons (Fsp3) is 0.647. The molecular formula is C17H27N. The molecule has 0 aromatic heterocycles. The Kier molecular flexibility index (Phi) is 4.82. The van der Waals surface area contributed by atoms with E-state index in [9.17, 15) is 0 Å². The number of likely N-dealkylation sites (N-methyl/N-ethyl adjacent to an activating group) is 1. The van der Waals surface area contributed by atoms with Gasteiger partial charge in [0.15, 0.2) is 0 Å². The maximum Gasteiger partial charge on any atom is 0.0133 e. The lowest BCUT2D eigenvalue weighted by molar-refractivity contribution is 0.276. The minimum Gasteiger partial charge on any atom is -0.316 e. The van der Waals surface area contributed by atoms with Crippen LogP contribution < -0.4 is 5.32 Å². The third-order valence-electron chi connectivity index (χ3n) is 4.62. The average molecular weight is 245 g/mol. The van der Waals surface area contributed by atoms with Crippen molar-refractivity contribution in [3.8, 4) is 0 Å². The summed E-state index contributed by atoms with van der Waals surface area (Å²) in [6.07, 6.45) is 8.30. The molecule has 1 fully saturated rings. The Bertz CT molecular complexity index is 377. The normalized spacial score (nSPS) is 18.8. The summed E-state index contributed by atoms with van der Waals surface area (Å²) < 4.78 is 0. The fourth-order valence-corrected chi connectivity index (χ4v) is 3.23. The third kappa shape index (κ3) is 3.35. The van der Waals surface area contributed by atoms with E-state index in [1.165, 1.54) is 55.2 Å². The molecule has 1 unspecified atom stereocenters. The van der Waals surface area contributed by atoms with Crippen molar-refractivity contribution in [2.24, 2.45) is 5.92 Å². The first kappa shape index (κ1) is 13.6. The van der Waals surface area contributed by atoms with Gasteiger partial charge in [-0.25, -0.2) is 0 Å². The second kappa shape index (κ2) is 6.38. The van der Waals surface area contributed by atoms with Crippen LogP contribution in [-0.4, -0.2) is 13.1 Å². The zero-order valence-corrected chi connectivity index (χ0v) is 12.1. The molecular weight excluding hydrogens is 218 g/mol. The molecule has 0 saturated heterocycles. The second-order valence-electron chi connectivity index (χ2n) is 5.92. The SMILES string of the molecule is CNC(Cc1ccc(C)c(C)c1)C1CCCCC1. The zero-order valence-electron chi connectivity index (χ0n) is 12.1. The minimum atomic E-state index is 0.660. The van der Waals surface area contributed by atoms with Gasteiger partial charge in [-0.15, -0.1) is 0 Å². The number of hydrogen-bond donors (Lipinski definition) is 1. The van der Waals surface area contributed by atoms with Gasteiger partial charge in [0.05, 0.1) is 0 Å². The lowest BCUT2D eigenvalue weighted by atomic mass is 9.81. The molecule has 1 aromatic carbocycles. The summed E-state index contributed by atoms with van der Waals surface area (Å²) in [4.78, 5) is 0. The van der Waals surface area contributed by atoms with E-state index in [-0.39, 0.29) is 0 Å². The first-order valence-corrected chi connectivity index (χ1v) is 7.44. The summed E-state index contributed by atoms with van der Waals surface area (Å²) in [5, 5.41) is 3.55. The number of benzene rings is 1. The van der Waals surface area contributed by atoms with Crippen LogP contribution in [0.3, 0.4) is 0 Å². The molecule has 0 amide bonds. The van der Waals surface area contributed by atoms with Crippen LogP contribution in [-0.2, 0) is 6.42 Å². The molecule has 1 aliphatic carbocycles. The van der Waals surface area contributed by atoms with Gasteiger partial charge in [0.2, 0.25) is 0 Å². The van der Waals surface area contributed by atoms with Crippen LogP contribution in [0.5, 0.6) is 0 Å². The van der Waals surface area contributed by atoms with Crippen molar-refractivity contribution in [1.82, 2.24) is 5.32 Å². The summed E-state index contributed by atoms with van der Waals surface area (Å²) in [7, 11) is 2.13. The minimum absolute atomic E-state index is 0.660. The molecule has 2 rings (SSSR count). The summed E-state index contributed by atoms with van der Waals surface area (Å²) in [6, 6.07) is 7.59. The third-order valence-corrected chi connectivity index (χ3v) is 4.62. The van der Waals surface area contributed by atoms with Crippen LogP contribution >= 0.6 is 0 Å². The summed E-state index contributed by atoms with van der Waals surface area (Å²) in [5.74, 6) is 0.880. The topological polar surface area (TPSA) is 12.0 Å². The van der Waals surface area contributed by atoms with Crippen molar-refractivity contribution in [2.75, 3.05) is 7.05 Å². The maximum atomic E-state index is 3.55. The van der Waals surface area contributed by atoms with Crippen LogP contribution in [0.2, 0.25) is 0 Å². The van der Waals surface area contributed by atoms with E-state index in [1.54, 1.807) is 0 Å². The number of aryl methyl sites for hydroxylation is 2. The molecule has 1 aromatic rings. The van der Waals surface area contributed by atoms with Crippen LogP contribution in [0.15, 0.2) is 18.2 Å². The first-order valence-electron chi connectivity index (χ1n) is 7.44. The predicted octanol–water partition coefficient (Wildman–Crippen LogP) is 4.01. The number of hydrogen-bond acceptors (Lipinski definition) is 1. The van der Waals surface area contributed by atoms with Crippen LogP contribution in [0.25, 0.3) is 0 Å². The molecule has 0 bridgehead atoms. The molecule has 1 atom stereocenters. The van der Waals surface area contributed by atoms with Crippen molar-refractivity contribution in [2.45, 2.75) is 58.4 Å². The molecule has 0 radical (unpaired) electrons. The smallest absolute Gasteiger partial charge is 0.0133 e. The van der Waals surface area contributed by atoms with Crippen molar-refractivity contribution >= 4 is 0 Å². The average Bonchev–Trinajstić information content (AvgIpc) is 2.41. The second-order valence-corrected chi connectivity index (χ2v) is 5.92. The molecule has 0 aliphatic heterocycles. The van der Waals surface area contributed by atoms with Crippen molar-refractivity contribution < 1.29 is 0 Å². The molecule has 18 heavy (non-hydrogen) atoms. The standard InChI is InChI=1S/C17H27N/c1-13-9-10-15(11-14(13)2)12-17(18-3)16-7-5-4-6-8-16/h9-11,16-18H,4-8,12H2,1-3H3. The summed E-state index contributed by atoms with van der Waals surface area (Å²) in [5.41, 5.74) is 4.31. The Morgan fingerprint density at radius 3 is 2.44 bits per heavy atom. The highest BCUT2D eigenvalue weighted by atomic mass is 14.9. The summed E-state index contributed by atoms with van der Waals surface area (Å²) >= 11 is 0. The predicted molar refractivity (Wildman–Crippen MR) is 79.0 cm³/mol. The van der Waals surface area contributed by atoms with E-state index < -0.39 is 0 Å². The monoisotopic (exact) mass is 245 g/mol. The molecule has 100 valence electrons. The van der Waals surface area contributed by atoms with Crippen molar-refractivity contribution in [3.05, 3.63) is 34.9 Å². The lowest BCUT2D eigenvalue weighted by Gasteiger charge is -2.30. The molecule has 0 spiro atoms. The van der Waals surface area contributed by atoms with E-state index in [4.69, 9.17) is 0 Å². The van der Waals surface area contributed by atoms with Gasteiger partial charge in [-0.3, -0.25) is 0 Å². The van der Waals surface area contributed by atoms with Gasteiger partial charge in [-0.2, -0.15) is 0 Å². The lowest BCUT2D eigenvalue weighted by Crippen LogP contribution is -2.36. The van der Waals surface area contributed by atoms with E-state index in [2.05, 4.69) is 44.4 Å². The summed E-state index contributed by atoms with van der Waals surface area (Å²) in [6.45, 7) is 4.41. The van der Waals surface area contributed by atoms with Gasteiger partial charge in [-0.05, 0) is 62.8 Å². The van der Waals surface area contributed by atoms with Crippen LogP contribution in [0, 0.1) is 19.8 Å². The zero-order chi connectivity index (χ0) is 13.0. The molecule has 1 saturated carbocycles. The molecule has 1 aliphatic rings. The Balaban J connectivity index is 2.02. The molecule has 1 N–H and O–H groups in total. The van der Waals surface area contributed by atoms with E-state index in [0.29, 0.717) is 6.04 Å². The number of nitrogens with one attached hydrogen (secondary N) is 1. The van der Waals surface area contributed by atoms with Gasteiger partial charge in [0.25, 0.3) is 0 Å². The Hall–Kier alpha value is -0.820. The largest absolute Gasteiger partial charge is 0.316 e. The highest BCUT2D eigenvalue weighted by molar-refractivity contribution is 5.30. The quantitative estimate of drug-likeness (QED) is 0.845. The van der Waals surface area contributed by atoms with Gasteiger partial charge in [-0.1, -0.05) is 37.5 Å². The Morgan fingerprint density at radius 1 is 1.11 bits per heavy atom. The molecule has 1 heteroatoms. The number of rotatable bonds is 4. The van der Waals surface area contributed by atoms with E-state index in [0.717, 1.165) is 5.92 Å². The highest BCUT2D eigenvalue weighted by Crippen LogP contribution is 2.28. The van der Waals surface area contributed by atoms with E-state index >= 15 is 0 Å². The molecule has 0 heterocycles. The van der Waals surface area contributed by atoms with Gasteiger partial charge in [0.1, 0.15) is 0 Å². The molecule has 1 nitrogen and oxygen atoms in total. The first-order chi connectivity index (χ1) is 8.70. The van der Waals surface area contributed by atoms with Gasteiger partial charge >= 0.3 is 0 Å². The van der Waals surface area contributed by atoms with Gasteiger partial charge < -0.3 is 5.32 Å². The van der Waals surface area contributed by atoms with Crippen LogP contribution in [0.1, 0.15) is 48.8 Å². The van der Waals surface area contributed by atoms with Crippen molar-refractivity contribution in [1.29, 1.82) is 0 Å². The van der Waals surface area contributed by atoms with Gasteiger partial charge in [0, 0.05) is 6.04 Å². The Morgan fingerprint density at radius 2 is 1.83 bits per heavy atom. The Labute approximate surface area is 112 Å². The maximum absolute atomic E-state index is 3.55.